The van der Waals surface area contributed by atoms with Crippen molar-refractivity contribution >= 4 is 23.3 Å². The molecule has 0 aliphatic carbocycles. The van der Waals surface area contributed by atoms with Crippen LogP contribution in [-0.2, 0) is 17.9 Å². The molecule has 7 heteroatoms. The van der Waals surface area contributed by atoms with Gasteiger partial charge in [-0.3, -0.25) is 4.79 Å². The number of amides is 3. The lowest BCUT2D eigenvalue weighted by Gasteiger charge is -2.29. The van der Waals surface area contributed by atoms with E-state index >= 15 is 0 Å². The molecule has 0 aliphatic rings. The van der Waals surface area contributed by atoms with Gasteiger partial charge in [0.15, 0.2) is 0 Å². The first-order valence-corrected chi connectivity index (χ1v) is 11.6. The van der Waals surface area contributed by atoms with Gasteiger partial charge < -0.3 is 20.4 Å². The van der Waals surface area contributed by atoms with Crippen LogP contribution in [-0.4, -0.2) is 37.0 Å². The fourth-order valence-electron chi connectivity index (χ4n) is 3.82. The van der Waals surface area contributed by atoms with E-state index < -0.39 is 0 Å². The van der Waals surface area contributed by atoms with E-state index in [2.05, 4.69) is 10.6 Å². The molecule has 0 aliphatic heterocycles. The summed E-state index contributed by atoms with van der Waals surface area (Å²) in [6.07, 6.45) is 1.49. The van der Waals surface area contributed by atoms with Crippen molar-refractivity contribution in [3.05, 3.63) is 59.4 Å². The number of rotatable bonds is 10. The average molecular weight is 457 g/mol. The summed E-state index contributed by atoms with van der Waals surface area (Å²) < 4.78 is 13.8. The van der Waals surface area contributed by atoms with Crippen molar-refractivity contribution in [2.75, 3.05) is 24.3 Å². The summed E-state index contributed by atoms with van der Waals surface area (Å²) in [6.45, 7) is 8.47. The van der Waals surface area contributed by atoms with Crippen LogP contribution >= 0.6 is 0 Å². The van der Waals surface area contributed by atoms with Crippen LogP contribution in [0.3, 0.4) is 0 Å². The SMILES string of the molecule is CCC(CC)C(=O)N(Cc1cccc(F)c1)Cc1cc(NC(=O)NC(C)C)ccc1N(C)C. The summed E-state index contributed by atoms with van der Waals surface area (Å²) in [7, 11) is 3.88. The molecular weight excluding hydrogens is 419 g/mol. The Hall–Kier alpha value is -3.09. The summed E-state index contributed by atoms with van der Waals surface area (Å²) in [5.41, 5.74) is 3.24. The standard InChI is InChI=1S/C26H37FN4O2/c1-7-20(8-2)25(32)31(16-19-10-9-11-22(27)14-19)17-21-15-23(12-13-24(21)30(5)6)29-26(33)28-18(3)4/h9-15,18,20H,7-8,16-17H2,1-6H3,(H2,28,29,33). The van der Waals surface area contributed by atoms with Crippen molar-refractivity contribution in [2.24, 2.45) is 5.92 Å². The Labute approximate surface area is 197 Å². The number of nitrogens with zero attached hydrogens (tertiary/aromatic N) is 2. The molecule has 33 heavy (non-hydrogen) atoms. The second-order valence-corrected chi connectivity index (χ2v) is 8.83. The molecule has 0 saturated carbocycles. The molecule has 0 spiro atoms. The topological polar surface area (TPSA) is 64.7 Å². The van der Waals surface area contributed by atoms with Gasteiger partial charge in [-0.15, -0.1) is 0 Å². The van der Waals surface area contributed by atoms with Gasteiger partial charge in [-0.1, -0.05) is 26.0 Å². The number of halogens is 1. The molecule has 2 aromatic rings. The van der Waals surface area contributed by atoms with E-state index in [4.69, 9.17) is 0 Å². The zero-order valence-corrected chi connectivity index (χ0v) is 20.6. The largest absolute Gasteiger partial charge is 0.377 e. The van der Waals surface area contributed by atoms with Crippen molar-refractivity contribution in [1.29, 1.82) is 0 Å². The Morgan fingerprint density at radius 2 is 1.70 bits per heavy atom. The lowest BCUT2D eigenvalue weighted by atomic mass is 10.0. The van der Waals surface area contributed by atoms with E-state index in [1.165, 1.54) is 12.1 Å². The van der Waals surface area contributed by atoms with Crippen molar-refractivity contribution in [1.82, 2.24) is 10.2 Å². The molecule has 0 saturated heterocycles. The lowest BCUT2D eigenvalue weighted by molar-refractivity contribution is -0.137. The number of carbonyl (C=O) groups excluding carboxylic acids is 2. The van der Waals surface area contributed by atoms with Crippen LogP contribution in [0.2, 0.25) is 0 Å². The predicted octanol–water partition coefficient (Wildman–Crippen LogP) is 5.39. The summed E-state index contributed by atoms with van der Waals surface area (Å²) in [5, 5.41) is 5.68. The van der Waals surface area contributed by atoms with Gasteiger partial charge in [0.1, 0.15) is 5.82 Å². The molecule has 2 rings (SSSR count). The molecule has 0 aromatic heterocycles. The minimum Gasteiger partial charge on any atom is -0.377 e. The van der Waals surface area contributed by atoms with Crippen LogP contribution in [0.15, 0.2) is 42.5 Å². The first-order chi connectivity index (χ1) is 15.6. The van der Waals surface area contributed by atoms with E-state index in [0.717, 1.165) is 29.7 Å². The molecule has 0 atom stereocenters. The van der Waals surface area contributed by atoms with E-state index in [-0.39, 0.29) is 29.7 Å². The van der Waals surface area contributed by atoms with E-state index in [1.54, 1.807) is 11.0 Å². The molecule has 0 bridgehead atoms. The fraction of sp³-hybridized carbons (Fsp3) is 0.462. The van der Waals surface area contributed by atoms with Crippen LogP contribution in [0.4, 0.5) is 20.6 Å². The molecule has 6 nitrogen and oxygen atoms in total. The van der Waals surface area contributed by atoms with Gasteiger partial charge in [0, 0.05) is 50.5 Å². The summed E-state index contributed by atoms with van der Waals surface area (Å²) in [5.74, 6) is -0.372. The molecule has 3 amide bonds. The monoisotopic (exact) mass is 456 g/mol. The molecule has 0 heterocycles. The van der Waals surface area contributed by atoms with Crippen molar-refractivity contribution in [3.63, 3.8) is 0 Å². The smallest absolute Gasteiger partial charge is 0.319 e. The highest BCUT2D eigenvalue weighted by molar-refractivity contribution is 5.90. The zero-order valence-electron chi connectivity index (χ0n) is 20.6. The van der Waals surface area contributed by atoms with Gasteiger partial charge in [-0.05, 0) is 68.1 Å². The molecule has 180 valence electrons. The van der Waals surface area contributed by atoms with Crippen LogP contribution in [0.25, 0.3) is 0 Å². The first-order valence-electron chi connectivity index (χ1n) is 11.6. The number of urea groups is 1. The van der Waals surface area contributed by atoms with Gasteiger partial charge in [0.25, 0.3) is 0 Å². The number of nitrogens with one attached hydrogen (secondary N) is 2. The summed E-state index contributed by atoms with van der Waals surface area (Å²) >= 11 is 0. The maximum absolute atomic E-state index is 13.8. The zero-order chi connectivity index (χ0) is 24.5. The number of anilines is 2. The Bertz CT molecular complexity index is 942. The van der Waals surface area contributed by atoms with Crippen molar-refractivity contribution in [3.8, 4) is 0 Å². The van der Waals surface area contributed by atoms with Crippen LogP contribution in [0.5, 0.6) is 0 Å². The summed E-state index contributed by atoms with van der Waals surface area (Å²) in [4.78, 5) is 29.4. The molecule has 2 aromatic carbocycles. The van der Waals surface area contributed by atoms with Crippen molar-refractivity contribution in [2.45, 2.75) is 59.7 Å². The highest BCUT2D eigenvalue weighted by Gasteiger charge is 2.23. The van der Waals surface area contributed by atoms with Crippen LogP contribution in [0, 0.1) is 11.7 Å². The van der Waals surface area contributed by atoms with Crippen LogP contribution in [0.1, 0.15) is 51.7 Å². The quantitative estimate of drug-likeness (QED) is 0.504. The average Bonchev–Trinajstić information content (AvgIpc) is 2.73. The number of carbonyl (C=O) groups is 2. The number of benzene rings is 2. The van der Waals surface area contributed by atoms with E-state index in [1.807, 2.05) is 71.0 Å². The molecule has 0 unspecified atom stereocenters. The molecule has 0 fully saturated rings. The lowest BCUT2D eigenvalue weighted by Crippen LogP contribution is -2.36. The highest BCUT2D eigenvalue weighted by Crippen LogP contribution is 2.27. The van der Waals surface area contributed by atoms with E-state index in [9.17, 15) is 14.0 Å². The first kappa shape index (κ1) is 26.2. The van der Waals surface area contributed by atoms with E-state index in [0.29, 0.717) is 18.8 Å². The molecular formula is C26H37FN4O2. The highest BCUT2D eigenvalue weighted by atomic mass is 19.1. The Balaban J connectivity index is 2.39. The molecule has 2 N–H and O–H groups in total. The second-order valence-electron chi connectivity index (χ2n) is 8.83. The van der Waals surface area contributed by atoms with Crippen molar-refractivity contribution < 1.29 is 14.0 Å². The third-order valence-corrected chi connectivity index (χ3v) is 5.51. The third-order valence-electron chi connectivity index (χ3n) is 5.51. The maximum atomic E-state index is 13.8. The second kappa shape index (κ2) is 12.2. The van der Waals surface area contributed by atoms with Crippen LogP contribution < -0.4 is 15.5 Å². The minimum atomic E-state index is -0.321. The normalized spacial score (nSPS) is 10.9. The summed E-state index contributed by atoms with van der Waals surface area (Å²) in [6, 6.07) is 11.8. The predicted molar refractivity (Wildman–Crippen MR) is 133 cm³/mol. The Kier molecular flexibility index (Phi) is 9.70. The third kappa shape index (κ3) is 7.77. The fourth-order valence-corrected chi connectivity index (χ4v) is 3.82. The number of hydrogen-bond acceptors (Lipinski definition) is 3. The minimum absolute atomic E-state index is 0.0184. The molecule has 0 radical (unpaired) electrons. The number of hydrogen-bond donors (Lipinski definition) is 2. The van der Waals surface area contributed by atoms with Gasteiger partial charge in [-0.25, -0.2) is 9.18 Å². The van der Waals surface area contributed by atoms with Gasteiger partial charge in [0.05, 0.1) is 0 Å². The van der Waals surface area contributed by atoms with Gasteiger partial charge in [-0.2, -0.15) is 0 Å². The Morgan fingerprint density at radius 3 is 2.27 bits per heavy atom. The van der Waals surface area contributed by atoms with Gasteiger partial charge >= 0.3 is 6.03 Å². The van der Waals surface area contributed by atoms with Gasteiger partial charge in [0.2, 0.25) is 5.91 Å². The maximum Gasteiger partial charge on any atom is 0.319 e. The Morgan fingerprint density at radius 1 is 1.00 bits per heavy atom.